The summed E-state index contributed by atoms with van der Waals surface area (Å²) in [5, 5.41) is 2.55. The molecule has 2 rings (SSSR count). The highest BCUT2D eigenvalue weighted by molar-refractivity contribution is 7.92. The van der Waals surface area contributed by atoms with Crippen molar-refractivity contribution < 1.29 is 26.7 Å². The second kappa shape index (κ2) is 8.13. The highest BCUT2D eigenvalue weighted by Gasteiger charge is 2.22. The molecule has 2 aromatic carbocycles. The Kier molecular flexibility index (Phi) is 6.14. The van der Waals surface area contributed by atoms with E-state index in [1.54, 1.807) is 24.3 Å². The summed E-state index contributed by atoms with van der Waals surface area (Å²) in [5.41, 5.74) is 0.268. The zero-order chi connectivity index (χ0) is 19.3. The molecular weight excluding hydrogens is 366 g/mol. The predicted octanol–water partition coefficient (Wildman–Crippen LogP) is 2.77. The van der Waals surface area contributed by atoms with E-state index >= 15 is 0 Å². The predicted molar refractivity (Wildman–Crippen MR) is 94.8 cm³/mol. The Morgan fingerprint density at radius 2 is 1.88 bits per heavy atom. The molecule has 0 bridgehead atoms. The minimum absolute atomic E-state index is 0.149. The van der Waals surface area contributed by atoms with Gasteiger partial charge in [-0.3, -0.25) is 9.10 Å². The van der Waals surface area contributed by atoms with Crippen molar-refractivity contribution in [3.05, 3.63) is 54.1 Å². The molecule has 0 heterocycles. The van der Waals surface area contributed by atoms with Gasteiger partial charge in [-0.1, -0.05) is 6.07 Å². The first kappa shape index (κ1) is 19.6. The van der Waals surface area contributed by atoms with Crippen LogP contribution < -0.4 is 14.4 Å². The summed E-state index contributed by atoms with van der Waals surface area (Å²) in [7, 11) is -3.89. The van der Waals surface area contributed by atoms with Gasteiger partial charge in [-0.15, -0.1) is 0 Å². The number of halogens is 2. The summed E-state index contributed by atoms with van der Waals surface area (Å²) in [6, 6.07) is 9.19. The number of benzene rings is 2. The second-order valence-corrected chi connectivity index (χ2v) is 7.28. The number of amides is 1. The molecule has 6 nitrogen and oxygen atoms in total. The molecule has 0 saturated heterocycles. The maximum Gasteiger partial charge on any atom is 0.245 e. The molecule has 0 saturated carbocycles. The Balaban J connectivity index is 2.19. The van der Waals surface area contributed by atoms with Crippen LogP contribution in [-0.4, -0.2) is 33.7 Å². The van der Waals surface area contributed by atoms with Crippen LogP contribution in [0.2, 0.25) is 0 Å². The van der Waals surface area contributed by atoms with Crippen molar-refractivity contribution in [3.8, 4) is 5.75 Å². The molecule has 0 aliphatic rings. The lowest BCUT2D eigenvalue weighted by Crippen LogP contribution is -2.37. The van der Waals surface area contributed by atoms with E-state index in [9.17, 15) is 22.0 Å². The maximum absolute atomic E-state index is 13.4. The van der Waals surface area contributed by atoms with Crippen molar-refractivity contribution in [2.75, 3.05) is 29.0 Å². The molecule has 0 aromatic heterocycles. The lowest BCUT2D eigenvalue weighted by molar-refractivity contribution is -0.114. The second-order valence-electron chi connectivity index (χ2n) is 5.38. The summed E-state index contributed by atoms with van der Waals surface area (Å²) in [4.78, 5) is 12.2. The molecule has 26 heavy (non-hydrogen) atoms. The lowest BCUT2D eigenvalue weighted by atomic mass is 10.3. The molecule has 2 aromatic rings. The molecule has 0 fully saturated rings. The van der Waals surface area contributed by atoms with Crippen LogP contribution in [0.25, 0.3) is 0 Å². The summed E-state index contributed by atoms with van der Waals surface area (Å²) >= 11 is 0. The number of hydrogen-bond donors (Lipinski definition) is 1. The Bertz CT molecular complexity index is 903. The smallest absolute Gasteiger partial charge is 0.245 e. The Morgan fingerprint density at radius 3 is 2.50 bits per heavy atom. The zero-order valence-electron chi connectivity index (χ0n) is 14.2. The Hall–Kier alpha value is -2.68. The largest absolute Gasteiger partial charge is 0.494 e. The van der Waals surface area contributed by atoms with Crippen LogP contribution in [0.3, 0.4) is 0 Å². The third-order valence-electron chi connectivity index (χ3n) is 3.31. The van der Waals surface area contributed by atoms with Gasteiger partial charge >= 0.3 is 0 Å². The van der Waals surface area contributed by atoms with Gasteiger partial charge in [-0.05, 0) is 31.2 Å². The first-order chi connectivity index (χ1) is 12.2. The summed E-state index contributed by atoms with van der Waals surface area (Å²) in [5.74, 6) is -2.42. The fraction of sp³-hybridized carbons (Fsp3) is 0.235. The average molecular weight is 384 g/mol. The van der Waals surface area contributed by atoms with Gasteiger partial charge in [-0.25, -0.2) is 17.2 Å². The maximum atomic E-state index is 13.4. The molecule has 0 atom stereocenters. The molecule has 0 spiro atoms. The fourth-order valence-corrected chi connectivity index (χ4v) is 3.05. The van der Waals surface area contributed by atoms with E-state index in [2.05, 4.69) is 5.32 Å². The lowest BCUT2D eigenvalue weighted by Gasteiger charge is -2.22. The van der Waals surface area contributed by atoms with Gasteiger partial charge < -0.3 is 10.1 Å². The number of sulfonamides is 1. The number of ether oxygens (including phenoxy) is 1. The van der Waals surface area contributed by atoms with Crippen LogP contribution in [0.1, 0.15) is 6.92 Å². The van der Waals surface area contributed by atoms with Crippen molar-refractivity contribution in [2.24, 2.45) is 0 Å². The zero-order valence-corrected chi connectivity index (χ0v) is 15.0. The van der Waals surface area contributed by atoms with E-state index in [-0.39, 0.29) is 5.69 Å². The number of nitrogens with zero attached hydrogens (tertiary/aromatic N) is 1. The minimum atomic E-state index is -3.89. The molecule has 1 amide bonds. The topological polar surface area (TPSA) is 75.7 Å². The van der Waals surface area contributed by atoms with Crippen molar-refractivity contribution in [2.45, 2.75) is 6.92 Å². The third kappa shape index (κ3) is 5.16. The SMILES string of the molecule is CCOc1cccc(NC(=O)CN(c2ccc(F)c(F)c2)S(C)(=O)=O)c1. The summed E-state index contributed by atoms with van der Waals surface area (Å²) in [6.45, 7) is 1.68. The van der Waals surface area contributed by atoms with Crippen LogP contribution in [0, 0.1) is 11.6 Å². The minimum Gasteiger partial charge on any atom is -0.494 e. The number of carbonyl (C=O) groups excluding carboxylic acids is 1. The average Bonchev–Trinajstić information content (AvgIpc) is 2.55. The monoisotopic (exact) mass is 384 g/mol. The summed E-state index contributed by atoms with van der Waals surface area (Å²) in [6.07, 6.45) is 0.872. The van der Waals surface area contributed by atoms with Gasteiger partial charge in [-0.2, -0.15) is 0 Å². The highest BCUT2D eigenvalue weighted by atomic mass is 32.2. The van der Waals surface area contributed by atoms with Crippen molar-refractivity contribution in [1.29, 1.82) is 0 Å². The van der Waals surface area contributed by atoms with Gasteiger partial charge in [0.1, 0.15) is 12.3 Å². The Morgan fingerprint density at radius 1 is 1.15 bits per heavy atom. The number of anilines is 2. The van der Waals surface area contributed by atoms with Crippen LogP contribution in [0.15, 0.2) is 42.5 Å². The van der Waals surface area contributed by atoms with Crippen molar-refractivity contribution in [1.82, 2.24) is 0 Å². The van der Waals surface area contributed by atoms with Crippen molar-refractivity contribution in [3.63, 3.8) is 0 Å². The molecule has 0 aliphatic carbocycles. The summed E-state index contributed by atoms with van der Waals surface area (Å²) < 4.78 is 56.4. The molecule has 0 radical (unpaired) electrons. The highest BCUT2D eigenvalue weighted by Crippen LogP contribution is 2.21. The molecular formula is C17H18F2N2O4S. The van der Waals surface area contributed by atoms with E-state index in [1.165, 1.54) is 0 Å². The number of hydrogen-bond acceptors (Lipinski definition) is 4. The molecule has 0 aliphatic heterocycles. The Labute approximate surface area is 150 Å². The fourth-order valence-electron chi connectivity index (χ4n) is 2.20. The van der Waals surface area contributed by atoms with Crippen LogP contribution in [0.4, 0.5) is 20.2 Å². The number of nitrogens with one attached hydrogen (secondary N) is 1. The standard InChI is InChI=1S/C17H18F2N2O4S/c1-3-25-14-6-4-5-12(9-14)20-17(22)11-21(26(2,23)24)13-7-8-15(18)16(19)10-13/h4-10H,3,11H2,1-2H3,(H,20,22). The van der Waals surface area contributed by atoms with Gasteiger partial charge in [0.05, 0.1) is 18.6 Å². The normalized spacial score (nSPS) is 11.1. The van der Waals surface area contributed by atoms with E-state index in [4.69, 9.17) is 4.74 Å². The van der Waals surface area contributed by atoms with E-state index in [0.717, 1.165) is 24.5 Å². The first-order valence-electron chi connectivity index (χ1n) is 7.66. The van der Waals surface area contributed by atoms with Gasteiger partial charge in [0.15, 0.2) is 11.6 Å². The third-order valence-corrected chi connectivity index (χ3v) is 4.45. The number of rotatable bonds is 7. The molecule has 1 N–H and O–H groups in total. The molecule has 0 unspecified atom stereocenters. The quantitative estimate of drug-likeness (QED) is 0.797. The van der Waals surface area contributed by atoms with E-state index < -0.39 is 34.1 Å². The van der Waals surface area contributed by atoms with Gasteiger partial charge in [0.25, 0.3) is 0 Å². The van der Waals surface area contributed by atoms with E-state index in [0.29, 0.717) is 22.3 Å². The number of carbonyl (C=O) groups is 1. The van der Waals surface area contributed by atoms with Crippen molar-refractivity contribution >= 4 is 27.3 Å². The molecule has 9 heteroatoms. The van der Waals surface area contributed by atoms with E-state index in [1.807, 2.05) is 6.92 Å². The molecule has 140 valence electrons. The first-order valence-corrected chi connectivity index (χ1v) is 9.51. The van der Waals surface area contributed by atoms with Gasteiger partial charge in [0, 0.05) is 17.8 Å². The van der Waals surface area contributed by atoms with Gasteiger partial charge in [0.2, 0.25) is 15.9 Å². The van der Waals surface area contributed by atoms with Crippen LogP contribution >= 0.6 is 0 Å². The van der Waals surface area contributed by atoms with Crippen LogP contribution in [-0.2, 0) is 14.8 Å². The van der Waals surface area contributed by atoms with Crippen LogP contribution in [0.5, 0.6) is 5.75 Å².